The second-order valence-corrected chi connectivity index (χ2v) is 8.00. The van der Waals surface area contributed by atoms with E-state index in [0.29, 0.717) is 38.4 Å². The summed E-state index contributed by atoms with van der Waals surface area (Å²) in [6.07, 6.45) is 4.74. The average Bonchev–Trinajstić information content (AvgIpc) is 2.81. The number of aliphatic hydroxyl groups excluding tert-OH is 1. The fourth-order valence-electron chi connectivity index (χ4n) is 3.07. The maximum absolute atomic E-state index is 12.1. The van der Waals surface area contributed by atoms with Crippen molar-refractivity contribution in [2.75, 3.05) is 25.9 Å². The van der Waals surface area contributed by atoms with Gasteiger partial charge in [-0.2, -0.15) is 0 Å². The Morgan fingerprint density at radius 3 is 2.40 bits per heavy atom. The van der Waals surface area contributed by atoms with Crippen LogP contribution in [0.3, 0.4) is 0 Å². The molecule has 20 heavy (non-hydrogen) atoms. The molecule has 0 bridgehead atoms. The van der Waals surface area contributed by atoms with Gasteiger partial charge in [0.05, 0.1) is 12.4 Å². The van der Waals surface area contributed by atoms with Gasteiger partial charge in [0.2, 0.25) is 15.9 Å². The van der Waals surface area contributed by atoms with Crippen LogP contribution in [0.2, 0.25) is 0 Å². The van der Waals surface area contributed by atoms with Crippen LogP contribution in [0.25, 0.3) is 0 Å². The maximum Gasteiger partial charge on any atom is 0.223 e. The van der Waals surface area contributed by atoms with Crippen LogP contribution in [0, 0.1) is 11.8 Å². The molecule has 1 saturated carbocycles. The van der Waals surface area contributed by atoms with Crippen molar-refractivity contribution in [1.82, 2.24) is 9.62 Å². The van der Waals surface area contributed by atoms with Crippen LogP contribution in [-0.2, 0) is 14.8 Å². The Hall–Kier alpha value is -0.660. The Labute approximate surface area is 120 Å². The van der Waals surface area contributed by atoms with Gasteiger partial charge in [-0.05, 0) is 38.0 Å². The van der Waals surface area contributed by atoms with Crippen LogP contribution in [0.15, 0.2) is 0 Å². The molecule has 1 saturated heterocycles. The van der Waals surface area contributed by atoms with Crippen LogP contribution >= 0.6 is 0 Å². The van der Waals surface area contributed by atoms with Gasteiger partial charge in [-0.3, -0.25) is 4.79 Å². The lowest BCUT2D eigenvalue weighted by Gasteiger charge is -2.29. The molecule has 2 aliphatic rings. The molecule has 116 valence electrons. The Kier molecular flexibility index (Phi) is 5.04. The molecule has 1 heterocycles. The first-order valence-electron chi connectivity index (χ1n) is 7.27. The van der Waals surface area contributed by atoms with Crippen LogP contribution < -0.4 is 5.32 Å². The summed E-state index contributed by atoms with van der Waals surface area (Å²) in [5, 5.41) is 12.4. The lowest BCUT2D eigenvalue weighted by Crippen LogP contribution is -2.43. The van der Waals surface area contributed by atoms with Crippen LogP contribution in [-0.4, -0.2) is 55.7 Å². The highest BCUT2D eigenvalue weighted by atomic mass is 32.2. The zero-order valence-electron chi connectivity index (χ0n) is 11.9. The second kappa shape index (κ2) is 6.41. The quantitative estimate of drug-likeness (QED) is 0.761. The molecule has 7 heteroatoms. The number of aliphatic hydroxyl groups is 1. The number of carbonyl (C=O) groups is 1. The van der Waals surface area contributed by atoms with Gasteiger partial charge >= 0.3 is 0 Å². The Morgan fingerprint density at radius 2 is 1.90 bits per heavy atom. The minimum atomic E-state index is -3.13. The molecule has 0 spiro atoms. The lowest BCUT2D eigenvalue weighted by molar-refractivity contribution is -0.126. The predicted octanol–water partition coefficient (Wildman–Crippen LogP) is -0.0648. The summed E-state index contributed by atoms with van der Waals surface area (Å²) in [4.78, 5) is 12.1. The number of hydrogen-bond acceptors (Lipinski definition) is 4. The summed E-state index contributed by atoms with van der Waals surface area (Å²) < 4.78 is 24.2. The van der Waals surface area contributed by atoms with Gasteiger partial charge in [-0.25, -0.2) is 12.7 Å². The van der Waals surface area contributed by atoms with Crippen LogP contribution in [0.1, 0.15) is 32.1 Å². The monoisotopic (exact) mass is 304 g/mol. The molecular formula is C13H24N2O4S. The normalized spacial score (nSPS) is 29.5. The average molecular weight is 304 g/mol. The molecule has 2 atom stereocenters. The standard InChI is InChI=1S/C13H24N2O4S/c1-20(18,19)15-6-4-11(5-7-15)13(17)14-9-10-2-3-12(16)8-10/h10-12,16H,2-9H2,1H3,(H,14,17). The summed E-state index contributed by atoms with van der Waals surface area (Å²) in [6, 6.07) is 0. The Morgan fingerprint density at radius 1 is 1.25 bits per heavy atom. The van der Waals surface area contributed by atoms with Gasteiger partial charge in [-0.15, -0.1) is 0 Å². The van der Waals surface area contributed by atoms with Crippen molar-refractivity contribution in [2.45, 2.75) is 38.2 Å². The highest BCUT2D eigenvalue weighted by molar-refractivity contribution is 7.88. The van der Waals surface area contributed by atoms with Gasteiger partial charge < -0.3 is 10.4 Å². The van der Waals surface area contributed by atoms with E-state index in [-0.39, 0.29) is 17.9 Å². The molecular weight excluding hydrogens is 280 g/mol. The highest BCUT2D eigenvalue weighted by Crippen LogP contribution is 2.25. The van der Waals surface area contributed by atoms with E-state index in [2.05, 4.69) is 5.32 Å². The smallest absolute Gasteiger partial charge is 0.223 e. The number of nitrogens with one attached hydrogen (secondary N) is 1. The van der Waals surface area contributed by atoms with Gasteiger partial charge in [0.1, 0.15) is 0 Å². The molecule has 2 rings (SSSR count). The first kappa shape index (κ1) is 15.7. The van der Waals surface area contributed by atoms with Gasteiger partial charge in [0.25, 0.3) is 0 Å². The number of nitrogens with zero attached hydrogens (tertiary/aromatic N) is 1. The molecule has 0 aromatic heterocycles. The first-order chi connectivity index (χ1) is 9.36. The minimum Gasteiger partial charge on any atom is -0.393 e. The lowest BCUT2D eigenvalue weighted by atomic mass is 9.97. The Bertz CT molecular complexity index is 443. The molecule has 0 aromatic rings. The van der Waals surface area contributed by atoms with Crippen molar-refractivity contribution in [3.05, 3.63) is 0 Å². The second-order valence-electron chi connectivity index (χ2n) is 6.01. The number of amides is 1. The summed E-state index contributed by atoms with van der Waals surface area (Å²) >= 11 is 0. The van der Waals surface area contributed by atoms with Gasteiger partial charge in [0, 0.05) is 25.6 Å². The fourth-order valence-corrected chi connectivity index (χ4v) is 3.95. The van der Waals surface area contributed by atoms with E-state index in [1.807, 2.05) is 0 Å². The number of piperidine rings is 1. The van der Waals surface area contributed by atoms with E-state index >= 15 is 0 Å². The molecule has 0 radical (unpaired) electrons. The minimum absolute atomic E-state index is 0.0274. The van der Waals surface area contributed by atoms with E-state index in [1.165, 1.54) is 10.6 Å². The largest absolute Gasteiger partial charge is 0.393 e. The third kappa shape index (κ3) is 4.17. The Balaban J connectivity index is 1.72. The third-order valence-corrected chi connectivity index (χ3v) is 5.68. The van der Waals surface area contributed by atoms with Crippen molar-refractivity contribution in [3.8, 4) is 0 Å². The van der Waals surface area contributed by atoms with E-state index in [0.717, 1.165) is 19.3 Å². The summed E-state index contributed by atoms with van der Waals surface area (Å²) in [5.74, 6) is 0.323. The maximum atomic E-state index is 12.1. The zero-order valence-corrected chi connectivity index (χ0v) is 12.7. The highest BCUT2D eigenvalue weighted by Gasteiger charge is 2.29. The summed E-state index contributed by atoms with van der Waals surface area (Å²) in [6.45, 7) is 1.49. The molecule has 2 fully saturated rings. The fraction of sp³-hybridized carbons (Fsp3) is 0.923. The molecule has 6 nitrogen and oxygen atoms in total. The molecule has 1 amide bonds. The number of rotatable bonds is 4. The predicted molar refractivity (Wildman–Crippen MR) is 75.5 cm³/mol. The topological polar surface area (TPSA) is 86.7 Å². The number of hydrogen-bond donors (Lipinski definition) is 2. The SMILES string of the molecule is CS(=O)(=O)N1CCC(C(=O)NCC2CCC(O)C2)CC1. The summed E-state index contributed by atoms with van der Waals surface area (Å²) in [5.41, 5.74) is 0. The van der Waals surface area contributed by atoms with E-state index < -0.39 is 10.0 Å². The van der Waals surface area contributed by atoms with Crippen LogP contribution in [0.5, 0.6) is 0 Å². The van der Waals surface area contributed by atoms with Crippen molar-refractivity contribution in [2.24, 2.45) is 11.8 Å². The van der Waals surface area contributed by atoms with Crippen molar-refractivity contribution < 1.29 is 18.3 Å². The molecule has 0 aromatic carbocycles. The van der Waals surface area contributed by atoms with Crippen molar-refractivity contribution >= 4 is 15.9 Å². The zero-order chi connectivity index (χ0) is 14.8. The molecule has 1 aliphatic heterocycles. The van der Waals surface area contributed by atoms with Gasteiger partial charge in [0.15, 0.2) is 0 Å². The molecule has 2 N–H and O–H groups in total. The van der Waals surface area contributed by atoms with Crippen molar-refractivity contribution in [1.29, 1.82) is 0 Å². The van der Waals surface area contributed by atoms with E-state index in [1.54, 1.807) is 0 Å². The third-order valence-electron chi connectivity index (χ3n) is 4.37. The van der Waals surface area contributed by atoms with Crippen LogP contribution in [0.4, 0.5) is 0 Å². The number of carbonyl (C=O) groups excluding carboxylic acids is 1. The van der Waals surface area contributed by atoms with Gasteiger partial charge in [-0.1, -0.05) is 0 Å². The first-order valence-corrected chi connectivity index (χ1v) is 9.12. The molecule has 1 aliphatic carbocycles. The summed E-state index contributed by atoms with van der Waals surface area (Å²) in [7, 11) is -3.13. The number of sulfonamides is 1. The molecule has 2 unspecified atom stereocenters. The van der Waals surface area contributed by atoms with E-state index in [4.69, 9.17) is 0 Å². The van der Waals surface area contributed by atoms with E-state index in [9.17, 15) is 18.3 Å². The van der Waals surface area contributed by atoms with Crippen molar-refractivity contribution in [3.63, 3.8) is 0 Å².